The van der Waals surface area contributed by atoms with Crippen molar-refractivity contribution in [1.29, 1.82) is 0 Å². The monoisotopic (exact) mass is 368 g/mol. The molecular formula is C15H13BrO4S. The molecule has 0 atom stereocenters. The molecule has 1 heterocycles. The number of Topliss-reactive ketones (excluding diaryl/α,β-unsaturated/α-hetero) is 2. The first-order valence-electron chi connectivity index (χ1n) is 6.11. The summed E-state index contributed by atoms with van der Waals surface area (Å²) in [4.78, 5) is 24.0. The standard InChI is InChI=1S/C15H13BrO4S/c1-9(17)10-3-4-13(14(7-10)19-2)20-8-12(18)15-11(16)5-6-21-15/h3-7H,8H2,1-2H3. The number of thiophene rings is 1. The molecule has 0 amide bonds. The van der Waals surface area contributed by atoms with E-state index in [0.29, 0.717) is 21.9 Å². The molecule has 0 fully saturated rings. The summed E-state index contributed by atoms with van der Waals surface area (Å²) >= 11 is 4.68. The van der Waals surface area contributed by atoms with Crippen LogP contribution in [0.2, 0.25) is 0 Å². The van der Waals surface area contributed by atoms with Gasteiger partial charge in [0.2, 0.25) is 5.78 Å². The first-order valence-corrected chi connectivity index (χ1v) is 7.78. The van der Waals surface area contributed by atoms with E-state index in [1.54, 1.807) is 18.2 Å². The van der Waals surface area contributed by atoms with Crippen molar-refractivity contribution >= 4 is 38.8 Å². The van der Waals surface area contributed by atoms with Crippen LogP contribution in [0.3, 0.4) is 0 Å². The maximum absolute atomic E-state index is 12.0. The van der Waals surface area contributed by atoms with E-state index in [4.69, 9.17) is 9.47 Å². The van der Waals surface area contributed by atoms with Gasteiger partial charge in [0.1, 0.15) is 0 Å². The van der Waals surface area contributed by atoms with Gasteiger partial charge in [-0.15, -0.1) is 11.3 Å². The molecule has 0 N–H and O–H groups in total. The minimum atomic E-state index is -0.116. The Morgan fingerprint density at radius 1 is 1.24 bits per heavy atom. The van der Waals surface area contributed by atoms with E-state index in [9.17, 15) is 9.59 Å². The average molecular weight is 369 g/mol. The summed E-state index contributed by atoms with van der Waals surface area (Å²) in [6, 6.07) is 6.70. The Hall–Kier alpha value is -1.66. The lowest BCUT2D eigenvalue weighted by Gasteiger charge is -2.10. The van der Waals surface area contributed by atoms with Crippen molar-refractivity contribution in [3.05, 3.63) is 44.6 Å². The number of rotatable bonds is 6. The third-order valence-corrected chi connectivity index (χ3v) is 4.68. The Kier molecular flexibility index (Phi) is 5.14. The molecule has 2 aromatic rings. The summed E-state index contributed by atoms with van der Waals surface area (Å²) in [5, 5.41) is 1.83. The molecular weight excluding hydrogens is 356 g/mol. The minimum absolute atomic E-state index is 0.0570. The molecule has 0 aliphatic carbocycles. The number of ketones is 2. The van der Waals surface area contributed by atoms with Crippen LogP contribution < -0.4 is 9.47 Å². The quantitative estimate of drug-likeness (QED) is 0.723. The Morgan fingerprint density at radius 2 is 2.00 bits per heavy atom. The summed E-state index contributed by atoms with van der Waals surface area (Å²) in [5.41, 5.74) is 0.534. The van der Waals surface area contributed by atoms with Gasteiger partial charge in [0.25, 0.3) is 0 Å². The summed E-state index contributed by atoms with van der Waals surface area (Å²) in [7, 11) is 1.49. The lowest BCUT2D eigenvalue weighted by Crippen LogP contribution is -2.11. The Bertz CT molecular complexity index is 678. The fourth-order valence-electron chi connectivity index (χ4n) is 1.71. The molecule has 2 rings (SSSR count). The highest BCUT2D eigenvalue weighted by Gasteiger charge is 2.14. The lowest BCUT2D eigenvalue weighted by atomic mass is 10.1. The van der Waals surface area contributed by atoms with Gasteiger partial charge in [0.15, 0.2) is 23.9 Å². The molecule has 21 heavy (non-hydrogen) atoms. The maximum Gasteiger partial charge on any atom is 0.211 e. The van der Waals surface area contributed by atoms with Crippen LogP contribution in [0, 0.1) is 0 Å². The molecule has 1 aromatic carbocycles. The second-order valence-corrected chi connectivity index (χ2v) is 6.00. The van der Waals surface area contributed by atoms with Gasteiger partial charge in [-0.3, -0.25) is 9.59 Å². The van der Waals surface area contributed by atoms with Crippen molar-refractivity contribution < 1.29 is 19.1 Å². The topological polar surface area (TPSA) is 52.6 Å². The van der Waals surface area contributed by atoms with Gasteiger partial charge < -0.3 is 9.47 Å². The van der Waals surface area contributed by atoms with Crippen molar-refractivity contribution in [3.8, 4) is 11.5 Å². The Labute approximate surface area is 134 Å². The van der Waals surface area contributed by atoms with Crippen molar-refractivity contribution in [2.45, 2.75) is 6.92 Å². The molecule has 0 spiro atoms. The first-order chi connectivity index (χ1) is 10.0. The molecule has 0 radical (unpaired) electrons. The number of benzene rings is 1. The van der Waals surface area contributed by atoms with Gasteiger partial charge in [-0.05, 0) is 52.5 Å². The predicted molar refractivity (Wildman–Crippen MR) is 84.8 cm³/mol. The number of carbonyl (C=O) groups excluding carboxylic acids is 2. The fraction of sp³-hybridized carbons (Fsp3) is 0.200. The van der Waals surface area contributed by atoms with Crippen LogP contribution in [0.25, 0.3) is 0 Å². The Morgan fingerprint density at radius 3 is 2.57 bits per heavy atom. The largest absolute Gasteiger partial charge is 0.493 e. The van der Waals surface area contributed by atoms with Gasteiger partial charge in [0, 0.05) is 10.0 Å². The van der Waals surface area contributed by atoms with E-state index in [2.05, 4.69) is 15.9 Å². The van der Waals surface area contributed by atoms with Crippen LogP contribution >= 0.6 is 27.3 Å². The van der Waals surface area contributed by atoms with Crippen LogP contribution in [0.1, 0.15) is 27.0 Å². The number of halogens is 1. The zero-order valence-electron chi connectivity index (χ0n) is 11.5. The van der Waals surface area contributed by atoms with E-state index >= 15 is 0 Å². The maximum atomic E-state index is 12.0. The van der Waals surface area contributed by atoms with Gasteiger partial charge in [-0.2, -0.15) is 0 Å². The van der Waals surface area contributed by atoms with E-state index < -0.39 is 0 Å². The second kappa shape index (κ2) is 6.87. The smallest absolute Gasteiger partial charge is 0.211 e. The van der Waals surface area contributed by atoms with Gasteiger partial charge in [-0.1, -0.05) is 0 Å². The van der Waals surface area contributed by atoms with Gasteiger partial charge in [-0.25, -0.2) is 0 Å². The van der Waals surface area contributed by atoms with Gasteiger partial charge in [0.05, 0.1) is 12.0 Å². The minimum Gasteiger partial charge on any atom is -0.493 e. The third kappa shape index (κ3) is 3.71. The van der Waals surface area contributed by atoms with Crippen LogP contribution in [-0.4, -0.2) is 25.3 Å². The Balaban J connectivity index is 2.11. The van der Waals surface area contributed by atoms with Gasteiger partial charge >= 0.3 is 0 Å². The fourth-order valence-corrected chi connectivity index (χ4v) is 3.23. The SMILES string of the molecule is COc1cc(C(C)=O)ccc1OCC(=O)c1sccc1Br. The summed E-state index contributed by atoms with van der Waals surface area (Å²) in [6.45, 7) is 1.39. The zero-order chi connectivity index (χ0) is 15.4. The van der Waals surface area contributed by atoms with Crippen LogP contribution in [-0.2, 0) is 0 Å². The number of carbonyl (C=O) groups is 2. The molecule has 110 valence electrons. The summed E-state index contributed by atoms with van der Waals surface area (Å²) in [5.74, 6) is 0.692. The molecule has 0 aliphatic heterocycles. The van der Waals surface area contributed by atoms with E-state index in [1.807, 2.05) is 11.4 Å². The summed E-state index contributed by atoms with van der Waals surface area (Å²) in [6.07, 6.45) is 0. The molecule has 0 bridgehead atoms. The third-order valence-electron chi connectivity index (χ3n) is 2.80. The predicted octanol–water partition coefficient (Wildman–Crippen LogP) is 3.98. The highest BCUT2D eigenvalue weighted by Crippen LogP contribution is 2.29. The number of hydrogen-bond donors (Lipinski definition) is 0. The molecule has 1 aromatic heterocycles. The van der Waals surface area contributed by atoms with Crippen LogP contribution in [0.4, 0.5) is 0 Å². The second-order valence-electron chi connectivity index (χ2n) is 4.23. The van der Waals surface area contributed by atoms with Crippen molar-refractivity contribution in [3.63, 3.8) is 0 Å². The number of ether oxygens (including phenoxy) is 2. The number of methoxy groups -OCH3 is 1. The molecule has 6 heteroatoms. The highest BCUT2D eigenvalue weighted by atomic mass is 79.9. The normalized spacial score (nSPS) is 10.2. The number of hydrogen-bond acceptors (Lipinski definition) is 5. The van der Waals surface area contributed by atoms with Crippen LogP contribution in [0.5, 0.6) is 11.5 Å². The van der Waals surface area contributed by atoms with E-state index in [1.165, 1.54) is 25.4 Å². The molecule has 4 nitrogen and oxygen atoms in total. The molecule has 0 aliphatic rings. The first kappa shape index (κ1) is 15.7. The van der Waals surface area contributed by atoms with Crippen molar-refractivity contribution in [2.24, 2.45) is 0 Å². The van der Waals surface area contributed by atoms with Crippen molar-refractivity contribution in [1.82, 2.24) is 0 Å². The summed E-state index contributed by atoms with van der Waals surface area (Å²) < 4.78 is 11.5. The van der Waals surface area contributed by atoms with Crippen LogP contribution in [0.15, 0.2) is 34.1 Å². The van der Waals surface area contributed by atoms with Crippen molar-refractivity contribution in [2.75, 3.05) is 13.7 Å². The lowest BCUT2D eigenvalue weighted by molar-refractivity contribution is 0.0921. The molecule has 0 saturated carbocycles. The van der Waals surface area contributed by atoms with E-state index in [-0.39, 0.29) is 18.2 Å². The average Bonchev–Trinajstić information content (AvgIpc) is 2.90. The molecule has 0 saturated heterocycles. The highest BCUT2D eigenvalue weighted by molar-refractivity contribution is 9.10. The van der Waals surface area contributed by atoms with E-state index in [0.717, 1.165) is 4.47 Å². The zero-order valence-corrected chi connectivity index (χ0v) is 13.9. The molecule has 0 unspecified atom stereocenters.